The second-order valence-electron chi connectivity index (χ2n) is 3.54. The van der Waals surface area contributed by atoms with Crippen molar-refractivity contribution >= 4 is 5.97 Å². The molecule has 2 heterocycles. The molecule has 0 fully saturated rings. The maximum Gasteiger partial charge on any atom is 0.354 e. The van der Waals surface area contributed by atoms with Crippen molar-refractivity contribution in [1.82, 2.24) is 19.1 Å². The molecular formula is C10H12N4O2. The quantitative estimate of drug-likeness (QED) is 0.825. The van der Waals surface area contributed by atoms with Crippen molar-refractivity contribution in [1.29, 1.82) is 0 Å². The Morgan fingerprint density at radius 3 is 2.81 bits per heavy atom. The van der Waals surface area contributed by atoms with Gasteiger partial charge in [-0.05, 0) is 6.92 Å². The summed E-state index contributed by atoms with van der Waals surface area (Å²) in [6.07, 6.45) is 4.87. The molecule has 1 N–H and O–H groups in total. The topological polar surface area (TPSA) is 72.9 Å². The van der Waals surface area contributed by atoms with E-state index >= 15 is 0 Å². The summed E-state index contributed by atoms with van der Waals surface area (Å²) in [6, 6.07) is 0. The van der Waals surface area contributed by atoms with Crippen molar-refractivity contribution < 1.29 is 9.90 Å². The standard InChI is InChI=1S/C10H12N4O2/c1-7-12-5-8(10(15)16)14(7)6-9-11-3-4-13(9)2/h3-5H,6H2,1-2H3,(H,15,16). The van der Waals surface area contributed by atoms with Crippen molar-refractivity contribution in [2.45, 2.75) is 13.5 Å². The minimum Gasteiger partial charge on any atom is -0.477 e. The number of hydrogen-bond acceptors (Lipinski definition) is 3. The van der Waals surface area contributed by atoms with Gasteiger partial charge in [0.15, 0.2) is 0 Å². The van der Waals surface area contributed by atoms with Crippen LogP contribution in [0.1, 0.15) is 22.1 Å². The van der Waals surface area contributed by atoms with Gasteiger partial charge in [0.2, 0.25) is 0 Å². The molecule has 0 saturated carbocycles. The fourth-order valence-electron chi connectivity index (χ4n) is 1.53. The molecule has 2 rings (SSSR count). The number of carbonyl (C=O) groups is 1. The van der Waals surface area contributed by atoms with Crippen molar-refractivity contribution in [2.24, 2.45) is 7.05 Å². The monoisotopic (exact) mass is 220 g/mol. The molecule has 2 aromatic rings. The highest BCUT2D eigenvalue weighted by Gasteiger charge is 2.14. The average Bonchev–Trinajstić information content (AvgIpc) is 2.76. The molecule has 0 aliphatic rings. The van der Waals surface area contributed by atoms with E-state index in [-0.39, 0.29) is 5.69 Å². The molecule has 0 atom stereocenters. The zero-order valence-corrected chi connectivity index (χ0v) is 9.08. The normalized spacial score (nSPS) is 10.6. The number of nitrogens with zero attached hydrogens (tertiary/aromatic N) is 4. The van der Waals surface area contributed by atoms with E-state index < -0.39 is 5.97 Å². The van der Waals surface area contributed by atoms with E-state index in [4.69, 9.17) is 5.11 Å². The molecular weight excluding hydrogens is 208 g/mol. The smallest absolute Gasteiger partial charge is 0.354 e. The molecule has 0 aromatic carbocycles. The average molecular weight is 220 g/mol. The Morgan fingerprint density at radius 1 is 1.50 bits per heavy atom. The van der Waals surface area contributed by atoms with Crippen LogP contribution in [-0.2, 0) is 13.6 Å². The van der Waals surface area contributed by atoms with Crippen LogP contribution in [0.2, 0.25) is 0 Å². The summed E-state index contributed by atoms with van der Waals surface area (Å²) in [6.45, 7) is 2.19. The van der Waals surface area contributed by atoms with E-state index in [2.05, 4.69) is 9.97 Å². The van der Waals surface area contributed by atoms with Crippen LogP contribution in [0.3, 0.4) is 0 Å². The van der Waals surface area contributed by atoms with Gasteiger partial charge in [-0.15, -0.1) is 0 Å². The van der Waals surface area contributed by atoms with Crippen LogP contribution in [0.5, 0.6) is 0 Å². The third kappa shape index (κ3) is 1.69. The number of hydrogen-bond donors (Lipinski definition) is 1. The summed E-state index contributed by atoms with van der Waals surface area (Å²) in [5.74, 6) is 0.485. The number of imidazole rings is 2. The van der Waals surface area contributed by atoms with Gasteiger partial charge < -0.3 is 14.2 Å². The second-order valence-corrected chi connectivity index (χ2v) is 3.54. The largest absolute Gasteiger partial charge is 0.477 e. The third-order valence-electron chi connectivity index (χ3n) is 2.49. The fraction of sp³-hybridized carbons (Fsp3) is 0.300. The molecule has 0 radical (unpaired) electrons. The second kappa shape index (κ2) is 3.80. The van der Waals surface area contributed by atoms with Gasteiger partial charge in [0.05, 0.1) is 12.7 Å². The van der Waals surface area contributed by atoms with Crippen molar-refractivity contribution in [2.75, 3.05) is 0 Å². The highest BCUT2D eigenvalue weighted by atomic mass is 16.4. The summed E-state index contributed by atoms with van der Waals surface area (Å²) in [4.78, 5) is 19.1. The predicted molar refractivity (Wildman–Crippen MR) is 56.2 cm³/mol. The molecule has 6 heteroatoms. The Labute approximate surface area is 92.2 Å². The van der Waals surface area contributed by atoms with E-state index in [1.165, 1.54) is 6.20 Å². The maximum absolute atomic E-state index is 11.0. The van der Waals surface area contributed by atoms with Crippen molar-refractivity contribution in [3.05, 3.63) is 35.9 Å². The van der Waals surface area contributed by atoms with E-state index in [1.54, 1.807) is 17.7 Å². The summed E-state index contributed by atoms with van der Waals surface area (Å²) in [5.41, 5.74) is 0.181. The number of carboxylic acids is 1. The molecule has 0 aliphatic heterocycles. The molecule has 0 saturated heterocycles. The molecule has 84 valence electrons. The molecule has 6 nitrogen and oxygen atoms in total. The minimum absolute atomic E-state index is 0.181. The minimum atomic E-state index is -0.977. The highest BCUT2D eigenvalue weighted by molar-refractivity contribution is 5.85. The first kappa shape index (κ1) is 10.4. The van der Waals surface area contributed by atoms with Crippen molar-refractivity contribution in [3.8, 4) is 0 Å². The van der Waals surface area contributed by atoms with E-state index in [9.17, 15) is 4.79 Å². The zero-order chi connectivity index (χ0) is 11.7. The fourth-order valence-corrected chi connectivity index (χ4v) is 1.53. The molecule has 0 bridgehead atoms. The van der Waals surface area contributed by atoms with Gasteiger partial charge in [0.1, 0.15) is 17.3 Å². The van der Waals surface area contributed by atoms with Gasteiger partial charge in [-0.2, -0.15) is 0 Å². The number of carboxylic acid groups (broad SMARTS) is 1. The molecule has 0 spiro atoms. The Kier molecular flexibility index (Phi) is 2.47. The lowest BCUT2D eigenvalue weighted by molar-refractivity contribution is 0.0685. The molecule has 16 heavy (non-hydrogen) atoms. The number of rotatable bonds is 3. The lowest BCUT2D eigenvalue weighted by Gasteiger charge is -2.07. The molecule has 0 amide bonds. The lowest BCUT2D eigenvalue weighted by Crippen LogP contribution is -2.13. The Hall–Kier alpha value is -2.11. The molecule has 2 aromatic heterocycles. The zero-order valence-electron chi connectivity index (χ0n) is 9.08. The SMILES string of the molecule is Cc1ncc(C(=O)O)n1Cc1nccn1C. The van der Waals surface area contributed by atoms with Gasteiger partial charge in [0, 0.05) is 19.4 Å². The van der Waals surface area contributed by atoms with Gasteiger partial charge in [-0.1, -0.05) is 0 Å². The van der Waals surface area contributed by atoms with Crippen LogP contribution in [0, 0.1) is 6.92 Å². The summed E-state index contributed by atoms with van der Waals surface area (Å²) >= 11 is 0. The first-order chi connectivity index (χ1) is 7.59. The number of aromatic nitrogens is 4. The highest BCUT2D eigenvalue weighted by Crippen LogP contribution is 2.08. The first-order valence-corrected chi connectivity index (χ1v) is 4.81. The van der Waals surface area contributed by atoms with E-state index in [1.807, 2.05) is 17.8 Å². The van der Waals surface area contributed by atoms with Crippen LogP contribution in [-0.4, -0.2) is 30.2 Å². The van der Waals surface area contributed by atoms with Gasteiger partial charge in [-0.25, -0.2) is 14.8 Å². The Bertz CT molecular complexity index is 527. The van der Waals surface area contributed by atoms with Crippen LogP contribution >= 0.6 is 0 Å². The van der Waals surface area contributed by atoms with Gasteiger partial charge in [0.25, 0.3) is 0 Å². The Balaban J connectivity index is 2.38. The van der Waals surface area contributed by atoms with Crippen LogP contribution in [0.15, 0.2) is 18.6 Å². The number of aromatic carboxylic acids is 1. The molecule has 0 aliphatic carbocycles. The van der Waals surface area contributed by atoms with Crippen LogP contribution < -0.4 is 0 Å². The predicted octanol–water partition coefficient (Wildman–Crippen LogP) is 0.672. The third-order valence-corrected chi connectivity index (χ3v) is 2.49. The summed E-state index contributed by atoms with van der Waals surface area (Å²) < 4.78 is 3.48. The van der Waals surface area contributed by atoms with Crippen LogP contribution in [0.25, 0.3) is 0 Å². The van der Waals surface area contributed by atoms with Crippen LogP contribution in [0.4, 0.5) is 0 Å². The molecule has 0 unspecified atom stereocenters. The first-order valence-electron chi connectivity index (χ1n) is 4.81. The summed E-state index contributed by atoms with van der Waals surface area (Å²) in [7, 11) is 1.87. The Morgan fingerprint density at radius 2 is 2.25 bits per heavy atom. The van der Waals surface area contributed by atoms with Crippen molar-refractivity contribution in [3.63, 3.8) is 0 Å². The lowest BCUT2D eigenvalue weighted by atomic mass is 10.4. The summed E-state index contributed by atoms with van der Waals surface area (Å²) in [5, 5.41) is 8.99. The van der Waals surface area contributed by atoms with Gasteiger partial charge in [-0.3, -0.25) is 0 Å². The van der Waals surface area contributed by atoms with E-state index in [0.29, 0.717) is 12.4 Å². The maximum atomic E-state index is 11.0. The van der Waals surface area contributed by atoms with Gasteiger partial charge >= 0.3 is 5.97 Å². The number of aryl methyl sites for hydroxylation is 2. The van der Waals surface area contributed by atoms with E-state index in [0.717, 1.165) is 5.82 Å².